The first kappa shape index (κ1) is 15.9. The monoisotopic (exact) mass is 373 g/mol. The molecule has 0 saturated heterocycles. The van der Waals surface area contributed by atoms with Crippen LogP contribution in [0.15, 0.2) is 40.9 Å². The SMILES string of the molecule is COc1ccc(-c2[nH]c3ccc(Br)cc3c2C(C)C)cc1OC. The Balaban J connectivity index is 2.25. The Bertz CT molecular complexity index is 852. The summed E-state index contributed by atoms with van der Waals surface area (Å²) in [7, 11) is 3.31. The minimum Gasteiger partial charge on any atom is -0.493 e. The van der Waals surface area contributed by atoms with Crippen molar-refractivity contribution < 1.29 is 9.47 Å². The number of aromatic amines is 1. The highest BCUT2D eigenvalue weighted by molar-refractivity contribution is 9.10. The van der Waals surface area contributed by atoms with Gasteiger partial charge in [-0.3, -0.25) is 0 Å². The number of methoxy groups -OCH3 is 2. The van der Waals surface area contributed by atoms with Gasteiger partial charge in [-0.15, -0.1) is 0 Å². The first-order valence-electron chi connectivity index (χ1n) is 7.58. The van der Waals surface area contributed by atoms with Gasteiger partial charge >= 0.3 is 0 Å². The highest BCUT2D eigenvalue weighted by Crippen LogP contribution is 2.39. The molecule has 0 radical (unpaired) electrons. The maximum atomic E-state index is 5.45. The molecule has 0 aliphatic heterocycles. The van der Waals surface area contributed by atoms with E-state index < -0.39 is 0 Å². The predicted octanol–water partition coefficient (Wildman–Crippen LogP) is 5.74. The summed E-state index contributed by atoms with van der Waals surface area (Å²) >= 11 is 3.57. The lowest BCUT2D eigenvalue weighted by atomic mass is 9.96. The third-order valence-corrected chi connectivity index (χ3v) is 4.54. The molecular formula is C19H20BrNO2. The van der Waals surface area contributed by atoms with Gasteiger partial charge in [-0.25, -0.2) is 0 Å². The molecule has 1 heterocycles. The summed E-state index contributed by atoms with van der Waals surface area (Å²) in [5, 5.41) is 1.25. The van der Waals surface area contributed by atoms with Crippen LogP contribution in [0.1, 0.15) is 25.3 Å². The van der Waals surface area contributed by atoms with Crippen molar-refractivity contribution in [3.63, 3.8) is 0 Å². The number of hydrogen-bond acceptors (Lipinski definition) is 2. The Hall–Kier alpha value is -1.94. The molecule has 0 aliphatic rings. The number of H-pyrrole nitrogens is 1. The second-order valence-corrected chi connectivity index (χ2v) is 6.74. The van der Waals surface area contributed by atoms with Crippen molar-refractivity contribution >= 4 is 26.8 Å². The first-order chi connectivity index (χ1) is 11.0. The number of aromatic nitrogens is 1. The van der Waals surface area contributed by atoms with E-state index >= 15 is 0 Å². The minimum absolute atomic E-state index is 0.404. The van der Waals surface area contributed by atoms with E-state index in [1.807, 2.05) is 12.1 Å². The molecule has 23 heavy (non-hydrogen) atoms. The topological polar surface area (TPSA) is 34.2 Å². The molecule has 0 aliphatic carbocycles. The molecule has 1 N–H and O–H groups in total. The second kappa shape index (κ2) is 6.28. The highest BCUT2D eigenvalue weighted by Gasteiger charge is 2.17. The zero-order valence-electron chi connectivity index (χ0n) is 13.7. The van der Waals surface area contributed by atoms with Crippen LogP contribution in [-0.2, 0) is 0 Å². The fourth-order valence-electron chi connectivity index (χ4n) is 3.00. The van der Waals surface area contributed by atoms with Crippen molar-refractivity contribution in [2.45, 2.75) is 19.8 Å². The summed E-state index contributed by atoms with van der Waals surface area (Å²) in [6, 6.07) is 12.4. The molecule has 4 heteroatoms. The van der Waals surface area contributed by atoms with Crippen molar-refractivity contribution in [3.8, 4) is 22.8 Å². The van der Waals surface area contributed by atoms with Gasteiger partial charge in [0.25, 0.3) is 0 Å². The van der Waals surface area contributed by atoms with Crippen LogP contribution in [0.5, 0.6) is 11.5 Å². The molecule has 1 aromatic heterocycles. The van der Waals surface area contributed by atoms with Crippen LogP contribution < -0.4 is 9.47 Å². The number of ether oxygens (including phenoxy) is 2. The summed E-state index contributed by atoms with van der Waals surface area (Å²) in [6.45, 7) is 4.43. The summed E-state index contributed by atoms with van der Waals surface area (Å²) < 4.78 is 11.9. The lowest BCUT2D eigenvalue weighted by molar-refractivity contribution is 0.355. The Labute approximate surface area is 144 Å². The van der Waals surface area contributed by atoms with E-state index in [2.05, 4.69) is 59.0 Å². The summed E-state index contributed by atoms with van der Waals surface area (Å²) in [6.07, 6.45) is 0. The van der Waals surface area contributed by atoms with Crippen LogP contribution in [0.25, 0.3) is 22.2 Å². The molecule has 0 spiro atoms. The molecule has 2 aromatic carbocycles. The third-order valence-electron chi connectivity index (χ3n) is 4.05. The van der Waals surface area contributed by atoms with E-state index in [1.54, 1.807) is 14.2 Å². The molecule has 0 fully saturated rings. The second-order valence-electron chi connectivity index (χ2n) is 5.83. The lowest BCUT2D eigenvalue weighted by Gasteiger charge is -2.12. The van der Waals surface area contributed by atoms with Gasteiger partial charge in [0.2, 0.25) is 0 Å². The van der Waals surface area contributed by atoms with Crippen molar-refractivity contribution in [3.05, 3.63) is 46.4 Å². The van der Waals surface area contributed by atoms with E-state index in [4.69, 9.17) is 9.47 Å². The van der Waals surface area contributed by atoms with Crippen LogP contribution >= 0.6 is 15.9 Å². The molecule has 3 nitrogen and oxygen atoms in total. The number of hydrogen-bond donors (Lipinski definition) is 1. The standard InChI is InChI=1S/C19H20BrNO2/c1-11(2)18-14-10-13(20)6-7-15(14)21-19(18)12-5-8-16(22-3)17(9-12)23-4/h5-11,21H,1-4H3. The van der Waals surface area contributed by atoms with Gasteiger partial charge in [0.1, 0.15) is 0 Å². The third kappa shape index (κ3) is 2.83. The zero-order valence-corrected chi connectivity index (χ0v) is 15.3. The molecule has 0 amide bonds. The van der Waals surface area contributed by atoms with Gasteiger partial charge in [0.05, 0.1) is 19.9 Å². The van der Waals surface area contributed by atoms with E-state index in [9.17, 15) is 0 Å². The normalized spacial score (nSPS) is 11.2. The van der Waals surface area contributed by atoms with E-state index in [0.29, 0.717) is 5.92 Å². The smallest absolute Gasteiger partial charge is 0.161 e. The molecular weight excluding hydrogens is 354 g/mol. The lowest BCUT2D eigenvalue weighted by Crippen LogP contribution is -1.93. The van der Waals surface area contributed by atoms with E-state index in [-0.39, 0.29) is 0 Å². The number of benzene rings is 2. The zero-order chi connectivity index (χ0) is 16.6. The predicted molar refractivity (Wildman–Crippen MR) is 98.6 cm³/mol. The van der Waals surface area contributed by atoms with Crippen molar-refractivity contribution in [1.82, 2.24) is 4.98 Å². The molecule has 0 atom stereocenters. The quantitative estimate of drug-likeness (QED) is 0.632. The van der Waals surface area contributed by atoms with E-state index in [1.165, 1.54) is 10.9 Å². The molecule has 0 bridgehead atoms. The number of nitrogens with one attached hydrogen (secondary N) is 1. The first-order valence-corrected chi connectivity index (χ1v) is 8.38. The van der Waals surface area contributed by atoms with Crippen LogP contribution in [0.3, 0.4) is 0 Å². The molecule has 0 saturated carbocycles. The van der Waals surface area contributed by atoms with Gasteiger partial charge in [-0.1, -0.05) is 29.8 Å². The van der Waals surface area contributed by atoms with Crippen LogP contribution in [0, 0.1) is 0 Å². The Morgan fingerprint density at radius 3 is 2.35 bits per heavy atom. The Morgan fingerprint density at radius 1 is 0.957 bits per heavy atom. The maximum Gasteiger partial charge on any atom is 0.161 e. The van der Waals surface area contributed by atoms with Crippen molar-refractivity contribution in [2.75, 3.05) is 14.2 Å². The number of halogens is 1. The van der Waals surface area contributed by atoms with Gasteiger partial charge < -0.3 is 14.5 Å². The summed E-state index contributed by atoms with van der Waals surface area (Å²) in [5.74, 6) is 1.88. The number of fused-ring (bicyclic) bond motifs is 1. The van der Waals surface area contributed by atoms with Crippen LogP contribution in [-0.4, -0.2) is 19.2 Å². The van der Waals surface area contributed by atoms with Gasteiger partial charge in [0.15, 0.2) is 11.5 Å². The van der Waals surface area contributed by atoms with Crippen LogP contribution in [0.4, 0.5) is 0 Å². The van der Waals surface area contributed by atoms with Gasteiger partial charge in [0, 0.05) is 20.9 Å². The number of rotatable bonds is 4. The van der Waals surface area contributed by atoms with Crippen molar-refractivity contribution in [2.24, 2.45) is 0 Å². The maximum absolute atomic E-state index is 5.45. The highest BCUT2D eigenvalue weighted by atomic mass is 79.9. The molecule has 0 unspecified atom stereocenters. The average Bonchev–Trinajstić information content (AvgIpc) is 2.92. The largest absolute Gasteiger partial charge is 0.493 e. The molecule has 3 aromatic rings. The van der Waals surface area contributed by atoms with E-state index in [0.717, 1.165) is 32.7 Å². The molecule has 120 valence electrons. The van der Waals surface area contributed by atoms with Gasteiger partial charge in [-0.2, -0.15) is 0 Å². The molecule has 3 rings (SSSR count). The fourth-order valence-corrected chi connectivity index (χ4v) is 3.37. The van der Waals surface area contributed by atoms with Crippen LogP contribution in [0.2, 0.25) is 0 Å². The summed E-state index contributed by atoms with van der Waals surface area (Å²) in [4.78, 5) is 3.56. The van der Waals surface area contributed by atoms with Gasteiger partial charge in [-0.05, 0) is 47.9 Å². The Kier molecular flexibility index (Phi) is 4.35. The summed E-state index contributed by atoms with van der Waals surface area (Å²) in [5.41, 5.74) is 4.68. The fraction of sp³-hybridized carbons (Fsp3) is 0.263. The van der Waals surface area contributed by atoms with Crippen molar-refractivity contribution in [1.29, 1.82) is 0 Å². The Morgan fingerprint density at radius 2 is 1.70 bits per heavy atom. The average molecular weight is 374 g/mol. The minimum atomic E-state index is 0.404.